The van der Waals surface area contributed by atoms with E-state index in [2.05, 4.69) is 17.1 Å². The molecule has 1 aromatic rings. The second kappa shape index (κ2) is 8.52. The molecule has 1 N–H and O–H groups in total. The highest BCUT2D eigenvalue weighted by Crippen LogP contribution is 2.30. The fourth-order valence-corrected chi connectivity index (χ4v) is 3.88. The van der Waals surface area contributed by atoms with E-state index in [0.717, 1.165) is 64.2 Å². The van der Waals surface area contributed by atoms with Crippen LogP contribution in [0.1, 0.15) is 38.4 Å². The topological polar surface area (TPSA) is 65.8 Å². The van der Waals surface area contributed by atoms with Crippen LogP contribution in [0.15, 0.2) is 22.8 Å². The summed E-state index contributed by atoms with van der Waals surface area (Å²) in [6.45, 7) is 7.30. The first-order valence-electron chi connectivity index (χ1n) is 9.48. The average molecular weight is 347 g/mol. The fraction of sp³-hybridized carbons (Fsp3) is 0.684. The van der Waals surface area contributed by atoms with Gasteiger partial charge in [-0.25, -0.2) is 0 Å². The van der Waals surface area contributed by atoms with Gasteiger partial charge in [-0.1, -0.05) is 6.92 Å². The maximum Gasteiger partial charge on any atom is 0.225 e. The fourth-order valence-electron chi connectivity index (χ4n) is 3.88. The first-order valence-corrected chi connectivity index (χ1v) is 9.48. The lowest BCUT2D eigenvalue weighted by molar-refractivity contribution is -0.140. The second-order valence-electron chi connectivity index (χ2n) is 7.11. The minimum Gasteiger partial charge on any atom is -0.467 e. The molecular weight excluding hydrogens is 318 g/mol. The molecule has 25 heavy (non-hydrogen) atoms. The van der Waals surface area contributed by atoms with Crippen LogP contribution in [0.4, 0.5) is 0 Å². The number of rotatable bonds is 5. The van der Waals surface area contributed by atoms with Crippen LogP contribution in [-0.2, 0) is 16.1 Å². The zero-order chi connectivity index (χ0) is 17.6. The normalized spacial score (nSPS) is 24.9. The highest BCUT2D eigenvalue weighted by atomic mass is 16.3. The summed E-state index contributed by atoms with van der Waals surface area (Å²) in [5.74, 6) is 1.27. The van der Waals surface area contributed by atoms with Crippen LogP contribution in [0.2, 0.25) is 0 Å². The zero-order valence-electron chi connectivity index (χ0n) is 15.1. The van der Waals surface area contributed by atoms with Gasteiger partial charge in [0.05, 0.1) is 12.8 Å². The van der Waals surface area contributed by atoms with Gasteiger partial charge in [-0.15, -0.1) is 0 Å². The van der Waals surface area contributed by atoms with Gasteiger partial charge in [-0.05, 0) is 44.4 Å². The van der Waals surface area contributed by atoms with Crippen LogP contribution in [0.3, 0.4) is 0 Å². The van der Waals surface area contributed by atoms with E-state index in [-0.39, 0.29) is 17.7 Å². The van der Waals surface area contributed by atoms with E-state index < -0.39 is 0 Å². The number of nitrogens with one attached hydrogen (secondary N) is 1. The van der Waals surface area contributed by atoms with Crippen molar-refractivity contribution in [3.8, 4) is 0 Å². The van der Waals surface area contributed by atoms with Crippen LogP contribution < -0.4 is 5.32 Å². The maximum atomic E-state index is 12.7. The number of carbonyl (C=O) groups excluding carboxylic acids is 2. The van der Waals surface area contributed by atoms with Crippen molar-refractivity contribution >= 4 is 11.8 Å². The predicted octanol–water partition coefficient (Wildman–Crippen LogP) is 1.87. The molecule has 1 saturated heterocycles. The number of hydrogen-bond donors (Lipinski definition) is 1. The third-order valence-corrected chi connectivity index (χ3v) is 5.60. The Kier molecular flexibility index (Phi) is 6.13. The van der Waals surface area contributed by atoms with Crippen molar-refractivity contribution in [2.24, 2.45) is 11.8 Å². The molecule has 1 aliphatic carbocycles. The smallest absolute Gasteiger partial charge is 0.225 e. The Hall–Kier alpha value is -1.82. The van der Waals surface area contributed by atoms with E-state index in [0.29, 0.717) is 12.5 Å². The molecule has 0 radical (unpaired) electrons. The molecule has 138 valence electrons. The van der Waals surface area contributed by atoms with Gasteiger partial charge in [-0.2, -0.15) is 0 Å². The Labute approximate surface area is 149 Å². The summed E-state index contributed by atoms with van der Waals surface area (Å²) < 4.78 is 5.23. The van der Waals surface area contributed by atoms with E-state index in [4.69, 9.17) is 4.42 Å². The molecule has 6 nitrogen and oxygen atoms in total. The summed E-state index contributed by atoms with van der Waals surface area (Å²) >= 11 is 0. The standard InChI is InChI=1S/C19H29N3O3/c1-2-21-9-11-22(12-10-21)19(24)16-7-5-15(6-8-16)18(23)20-14-17-4-3-13-25-17/h3-4,13,15-16H,2,5-12,14H2,1H3,(H,20,23). The molecular formula is C19H29N3O3. The Morgan fingerprint density at radius 1 is 1.12 bits per heavy atom. The number of nitrogens with zero attached hydrogens (tertiary/aromatic N) is 2. The molecule has 1 aliphatic heterocycles. The summed E-state index contributed by atoms with van der Waals surface area (Å²) in [6, 6.07) is 3.67. The van der Waals surface area contributed by atoms with E-state index in [1.807, 2.05) is 17.0 Å². The number of amides is 2. The van der Waals surface area contributed by atoms with E-state index in [1.165, 1.54) is 0 Å². The van der Waals surface area contributed by atoms with Crippen molar-refractivity contribution < 1.29 is 14.0 Å². The highest BCUT2D eigenvalue weighted by molar-refractivity contribution is 5.81. The van der Waals surface area contributed by atoms with Gasteiger partial charge in [-0.3, -0.25) is 9.59 Å². The van der Waals surface area contributed by atoms with Gasteiger partial charge in [0.25, 0.3) is 0 Å². The average Bonchev–Trinajstić information content (AvgIpc) is 3.19. The molecule has 2 aliphatic rings. The van der Waals surface area contributed by atoms with Crippen molar-refractivity contribution in [1.29, 1.82) is 0 Å². The summed E-state index contributed by atoms with van der Waals surface area (Å²) in [7, 11) is 0. The van der Waals surface area contributed by atoms with Crippen LogP contribution in [0, 0.1) is 11.8 Å². The van der Waals surface area contributed by atoms with E-state index >= 15 is 0 Å². The van der Waals surface area contributed by atoms with Crippen LogP contribution in [0.5, 0.6) is 0 Å². The summed E-state index contributed by atoms with van der Waals surface area (Å²) in [6.07, 6.45) is 4.86. The molecule has 0 aromatic carbocycles. The Morgan fingerprint density at radius 3 is 2.40 bits per heavy atom. The molecule has 2 heterocycles. The lowest BCUT2D eigenvalue weighted by atomic mass is 9.81. The Morgan fingerprint density at radius 2 is 1.80 bits per heavy atom. The largest absolute Gasteiger partial charge is 0.467 e. The molecule has 0 atom stereocenters. The van der Waals surface area contributed by atoms with Gasteiger partial charge in [0.2, 0.25) is 11.8 Å². The zero-order valence-corrected chi connectivity index (χ0v) is 15.1. The highest BCUT2D eigenvalue weighted by Gasteiger charge is 2.33. The second-order valence-corrected chi connectivity index (χ2v) is 7.11. The molecule has 3 rings (SSSR count). The monoisotopic (exact) mass is 347 g/mol. The Balaban J connectivity index is 1.40. The molecule has 6 heteroatoms. The third kappa shape index (κ3) is 4.63. The lowest BCUT2D eigenvalue weighted by Crippen LogP contribution is -2.50. The lowest BCUT2D eigenvalue weighted by Gasteiger charge is -2.37. The third-order valence-electron chi connectivity index (χ3n) is 5.60. The van der Waals surface area contributed by atoms with Gasteiger partial charge < -0.3 is 19.5 Å². The molecule has 0 unspecified atom stereocenters. The van der Waals surface area contributed by atoms with E-state index in [9.17, 15) is 9.59 Å². The van der Waals surface area contributed by atoms with Gasteiger partial charge in [0, 0.05) is 38.0 Å². The van der Waals surface area contributed by atoms with E-state index in [1.54, 1.807) is 6.26 Å². The number of carbonyl (C=O) groups is 2. The number of furan rings is 1. The summed E-state index contributed by atoms with van der Waals surface area (Å²) in [5, 5.41) is 2.94. The maximum absolute atomic E-state index is 12.7. The van der Waals surface area contributed by atoms with Crippen molar-refractivity contribution in [1.82, 2.24) is 15.1 Å². The molecule has 0 bridgehead atoms. The summed E-state index contributed by atoms with van der Waals surface area (Å²) in [5.41, 5.74) is 0. The molecule has 1 aromatic heterocycles. The molecule has 2 fully saturated rings. The SMILES string of the molecule is CCN1CCN(C(=O)C2CCC(C(=O)NCc3ccco3)CC2)CC1. The summed E-state index contributed by atoms with van der Waals surface area (Å²) in [4.78, 5) is 29.4. The number of piperazine rings is 1. The minimum absolute atomic E-state index is 0.0240. The van der Waals surface area contributed by atoms with Gasteiger partial charge in [0.1, 0.15) is 5.76 Å². The first kappa shape index (κ1) is 18.0. The van der Waals surface area contributed by atoms with Gasteiger partial charge in [0.15, 0.2) is 0 Å². The molecule has 0 spiro atoms. The minimum atomic E-state index is 0.0240. The molecule has 2 amide bonds. The van der Waals surface area contributed by atoms with Crippen molar-refractivity contribution in [2.75, 3.05) is 32.7 Å². The number of likely N-dealkylation sites (N-methyl/N-ethyl adjacent to an activating group) is 1. The van der Waals surface area contributed by atoms with Gasteiger partial charge >= 0.3 is 0 Å². The predicted molar refractivity (Wildman–Crippen MR) is 94.7 cm³/mol. The van der Waals surface area contributed by atoms with Crippen LogP contribution in [-0.4, -0.2) is 54.3 Å². The quantitative estimate of drug-likeness (QED) is 0.883. The molecule has 1 saturated carbocycles. The Bertz CT molecular complexity index is 556. The van der Waals surface area contributed by atoms with Crippen LogP contribution in [0.25, 0.3) is 0 Å². The van der Waals surface area contributed by atoms with Crippen LogP contribution >= 0.6 is 0 Å². The van der Waals surface area contributed by atoms with Crippen molar-refractivity contribution in [2.45, 2.75) is 39.2 Å². The first-order chi connectivity index (χ1) is 12.2. The van der Waals surface area contributed by atoms with Crippen molar-refractivity contribution in [3.63, 3.8) is 0 Å². The van der Waals surface area contributed by atoms with Crippen molar-refractivity contribution in [3.05, 3.63) is 24.2 Å². The number of hydrogen-bond acceptors (Lipinski definition) is 4.